The molecule has 1 aromatic heterocycles. The molecular formula is C17H14N2OS2. The highest BCUT2D eigenvalue weighted by atomic mass is 32.2. The van der Waals surface area contributed by atoms with Crippen LogP contribution in [0.3, 0.4) is 0 Å². The molecule has 110 valence electrons. The van der Waals surface area contributed by atoms with Crippen molar-refractivity contribution < 1.29 is 4.79 Å². The highest BCUT2D eigenvalue weighted by Crippen LogP contribution is 2.35. The molecule has 0 atom stereocenters. The Morgan fingerprint density at radius 1 is 1.27 bits per heavy atom. The first kappa shape index (κ1) is 14.9. The van der Waals surface area contributed by atoms with Crippen molar-refractivity contribution in [3.63, 3.8) is 0 Å². The van der Waals surface area contributed by atoms with Gasteiger partial charge in [-0.15, -0.1) is 0 Å². The zero-order chi connectivity index (χ0) is 15.5. The summed E-state index contributed by atoms with van der Waals surface area (Å²) in [5.74, 6) is -0.0805. The van der Waals surface area contributed by atoms with E-state index in [2.05, 4.69) is 11.9 Å². The van der Waals surface area contributed by atoms with Crippen LogP contribution in [0.1, 0.15) is 18.1 Å². The number of carbonyl (C=O) groups is 1. The van der Waals surface area contributed by atoms with Gasteiger partial charge >= 0.3 is 0 Å². The molecule has 5 heteroatoms. The number of nitrogens with zero attached hydrogens (tertiary/aromatic N) is 2. The number of benzene rings is 1. The minimum Gasteiger partial charge on any atom is -0.268 e. The third-order valence-corrected chi connectivity index (χ3v) is 4.68. The SMILES string of the molecule is CCc1ccc(N2C(=O)/C(=C/c3cccnc3)SC2=S)cc1. The van der Waals surface area contributed by atoms with E-state index in [4.69, 9.17) is 12.2 Å². The van der Waals surface area contributed by atoms with E-state index >= 15 is 0 Å². The Bertz CT molecular complexity index is 739. The van der Waals surface area contributed by atoms with Crippen LogP contribution in [0.2, 0.25) is 0 Å². The number of thioether (sulfide) groups is 1. The largest absolute Gasteiger partial charge is 0.270 e. The Balaban J connectivity index is 1.89. The molecular weight excluding hydrogens is 312 g/mol. The zero-order valence-corrected chi connectivity index (χ0v) is 13.7. The molecule has 1 saturated heterocycles. The molecule has 0 radical (unpaired) electrons. The van der Waals surface area contributed by atoms with E-state index in [0.717, 1.165) is 17.7 Å². The second-order valence-corrected chi connectivity index (χ2v) is 6.50. The van der Waals surface area contributed by atoms with Crippen LogP contribution in [-0.4, -0.2) is 15.2 Å². The molecule has 3 nitrogen and oxygen atoms in total. The maximum atomic E-state index is 12.6. The van der Waals surface area contributed by atoms with Gasteiger partial charge < -0.3 is 0 Å². The maximum absolute atomic E-state index is 12.6. The smallest absolute Gasteiger partial charge is 0.268 e. The summed E-state index contributed by atoms with van der Waals surface area (Å²) in [5.41, 5.74) is 2.94. The van der Waals surface area contributed by atoms with Crippen LogP contribution in [0.4, 0.5) is 5.69 Å². The van der Waals surface area contributed by atoms with Crippen molar-refractivity contribution >= 4 is 46.0 Å². The molecule has 22 heavy (non-hydrogen) atoms. The molecule has 0 aliphatic carbocycles. The van der Waals surface area contributed by atoms with Crippen LogP contribution in [-0.2, 0) is 11.2 Å². The summed E-state index contributed by atoms with van der Waals surface area (Å²) in [5, 5.41) is 0. The molecule has 1 aromatic carbocycles. The second-order valence-electron chi connectivity index (χ2n) is 4.82. The molecule has 1 fully saturated rings. The molecule has 0 saturated carbocycles. The standard InChI is InChI=1S/C17H14N2OS2/c1-2-12-5-7-14(8-6-12)19-16(20)15(22-17(19)21)10-13-4-3-9-18-11-13/h3-11H,2H2,1H3/b15-10-. The van der Waals surface area contributed by atoms with E-state index in [1.54, 1.807) is 17.3 Å². The lowest BCUT2D eigenvalue weighted by Crippen LogP contribution is -2.27. The van der Waals surface area contributed by atoms with Gasteiger partial charge in [0, 0.05) is 12.4 Å². The quantitative estimate of drug-likeness (QED) is 0.629. The van der Waals surface area contributed by atoms with Crippen LogP contribution in [0.15, 0.2) is 53.7 Å². The summed E-state index contributed by atoms with van der Waals surface area (Å²) < 4.78 is 0.560. The Morgan fingerprint density at radius 3 is 2.68 bits per heavy atom. The topological polar surface area (TPSA) is 33.2 Å². The fourth-order valence-electron chi connectivity index (χ4n) is 2.18. The normalized spacial score (nSPS) is 16.6. The number of carbonyl (C=O) groups excluding carboxylic acids is 1. The predicted molar refractivity (Wildman–Crippen MR) is 95.7 cm³/mol. The van der Waals surface area contributed by atoms with E-state index < -0.39 is 0 Å². The van der Waals surface area contributed by atoms with Gasteiger partial charge in [0.05, 0.1) is 10.6 Å². The highest BCUT2D eigenvalue weighted by molar-refractivity contribution is 8.27. The van der Waals surface area contributed by atoms with Crippen LogP contribution in [0, 0.1) is 0 Å². The van der Waals surface area contributed by atoms with Crippen molar-refractivity contribution in [3.05, 3.63) is 64.8 Å². The lowest BCUT2D eigenvalue weighted by molar-refractivity contribution is -0.113. The van der Waals surface area contributed by atoms with Crippen LogP contribution in [0.5, 0.6) is 0 Å². The number of thiocarbonyl (C=S) groups is 1. The number of hydrogen-bond donors (Lipinski definition) is 0. The van der Waals surface area contributed by atoms with Crippen molar-refractivity contribution in [1.82, 2.24) is 4.98 Å². The van der Waals surface area contributed by atoms with Gasteiger partial charge in [-0.1, -0.05) is 49.1 Å². The summed E-state index contributed by atoms with van der Waals surface area (Å²) in [6, 6.07) is 11.7. The average Bonchev–Trinajstić information content (AvgIpc) is 2.82. The molecule has 0 spiro atoms. The fourth-order valence-corrected chi connectivity index (χ4v) is 3.48. The van der Waals surface area contributed by atoms with Crippen LogP contribution >= 0.6 is 24.0 Å². The monoisotopic (exact) mass is 326 g/mol. The average molecular weight is 326 g/mol. The number of aryl methyl sites for hydroxylation is 1. The van der Waals surface area contributed by atoms with Gasteiger partial charge in [0.25, 0.3) is 5.91 Å². The Hall–Kier alpha value is -1.98. The molecule has 2 aromatic rings. The van der Waals surface area contributed by atoms with Gasteiger partial charge in [-0.05, 0) is 41.8 Å². The maximum Gasteiger partial charge on any atom is 0.270 e. The Kier molecular flexibility index (Phi) is 4.36. The first-order chi connectivity index (χ1) is 10.7. The Morgan fingerprint density at radius 2 is 2.05 bits per heavy atom. The number of pyridine rings is 1. The Labute approximate surface area is 139 Å². The summed E-state index contributed by atoms with van der Waals surface area (Å²) in [6.45, 7) is 2.10. The lowest BCUT2D eigenvalue weighted by Gasteiger charge is -2.14. The third kappa shape index (κ3) is 2.96. The van der Waals surface area contributed by atoms with Crippen molar-refractivity contribution in [1.29, 1.82) is 0 Å². The number of rotatable bonds is 3. The first-order valence-corrected chi connectivity index (χ1v) is 8.18. The van der Waals surface area contributed by atoms with E-state index in [-0.39, 0.29) is 5.91 Å². The van der Waals surface area contributed by atoms with Gasteiger partial charge in [-0.3, -0.25) is 14.7 Å². The van der Waals surface area contributed by atoms with Gasteiger partial charge in [0.1, 0.15) is 0 Å². The molecule has 1 aliphatic heterocycles. The van der Waals surface area contributed by atoms with E-state index in [0.29, 0.717) is 9.23 Å². The molecule has 0 N–H and O–H groups in total. The molecule has 0 unspecified atom stereocenters. The van der Waals surface area contributed by atoms with Crippen molar-refractivity contribution in [2.75, 3.05) is 4.90 Å². The number of aromatic nitrogens is 1. The van der Waals surface area contributed by atoms with E-state index in [1.165, 1.54) is 17.3 Å². The second kappa shape index (κ2) is 6.42. The third-order valence-electron chi connectivity index (χ3n) is 3.38. The number of amides is 1. The fraction of sp³-hybridized carbons (Fsp3) is 0.118. The van der Waals surface area contributed by atoms with Gasteiger partial charge in [0.2, 0.25) is 0 Å². The summed E-state index contributed by atoms with van der Waals surface area (Å²) >= 11 is 6.69. The van der Waals surface area contributed by atoms with Gasteiger partial charge in [0.15, 0.2) is 4.32 Å². The predicted octanol–water partition coefficient (Wildman–Crippen LogP) is 4.05. The highest BCUT2D eigenvalue weighted by Gasteiger charge is 2.33. The minimum absolute atomic E-state index is 0.0805. The summed E-state index contributed by atoms with van der Waals surface area (Å²) in [7, 11) is 0. The molecule has 2 heterocycles. The summed E-state index contributed by atoms with van der Waals surface area (Å²) in [6.07, 6.45) is 6.23. The molecule has 3 rings (SSSR count). The van der Waals surface area contributed by atoms with E-state index in [1.807, 2.05) is 42.5 Å². The first-order valence-electron chi connectivity index (χ1n) is 6.96. The number of anilines is 1. The summed E-state index contributed by atoms with van der Waals surface area (Å²) in [4.78, 5) is 18.9. The number of hydrogen-bond acceptors (Lipinski definition) is 4. The van der Waals surface area contributed by atoms with Crippen molar-refractivity contribution in [2.24, 2.45) is 0 Å². The van der Waals surface area contributed by atoms with Gasteiger partial charge in [-0.25, -0.2) is 0 Å². The van der Waals surface area contributed by atoms with Crippen molar-refractivity contribution in [2.45, 2.75) is 13.3 Å². The zero-order valence-electron chi connectivity index (χ0n) is 12.0. The minimum atomic E-state index is -0.0805. The molecule has 1 amide bonds. The van der Waals surface area contributed by atoms with E-state index in [9.17, 15) is 4.79 Å². The van der Waals surface area contributed by atoms with Crippen molar-refractivity contribution in [3.8, 4) is 0 Å². The van der Waals surface area contributed by atoms with Crippen LogP contribution in [0.25, 0.3) is 6.08 Å². The molecule has 1 aliphatic rings. The van der Waals surface area contributed by atoms with Crippen LogP contribution < -0.4 is 4.90 Å². The lowest BCUT2D eigenvalue weighted by atomic mass is 10.1. The van der Waals surface area contributed by atoms with Gasteiger partial charge in [-0.2, -0.15) is 0 Å². The molecule has 0 bridgehead atoms.